The second-order valence-electron chi connectivity index (χ2n) is 5.81. The van der Waals surface area contributed by atoms with Crippen LogP contribution >= 0.6 is 0 Å². The molecule has 2 heterocycles. The van der Waals surface area contributed by atoms with E-state index in [2.05, 4.69) is 0 Å². The number of carbonyl (C=O) groups is 1. The maximum Gasteiger partial charge on any atom is 0.337 e. The summed E-state index contributed by atoms with van der Waals surface area (Å²) in [6.45, 7) is 4.86. The molecule has 0 bridgehead atoms. The number of carbonyl (C=O) groups excluding carboxylic acids is 1. The molecule has 2 unspecified atom stereocenters. The molecule has 0 spiro atoms. The zero-order valence-corrected chi connectivity index (χ0v) is 13.4. The van der Waals surface area contributed by atoms with Crippen LogP contribution in [0.15, 0.2) is 33.5 Å². The minimum absolute atomic E-state index is 0.0332. The van der Waals surface area contributed by atoms with Crippen molar-refractivity contribution < 1.29 is 18.7 Å². The molecule has 1 aromatic heterocycles. The Hall–Kier alpha value is -2.34. The molecule has 1 aliphatic rings. The lowest BCUT2D eigenvalue weighted by Crippen LogP contribution is -2.48. The number of ether oxygens (including phenoxy) is 2. The van der Waals surface area contributed by atoms with Gasteiger partial charge in [0.2, 0.25) is 0 Å². The SMILES string of the molecule is COc1ccc2c(C(=O)N3CC(C)OC(C)C3)cc(=O)oc2c1. The van der Waals surface area contributed by atoms with Crippen LogP contribution in [0.5, 0.6) is 5.75 Å². The summed E-state index contributed by atoms with van der Waals surface area (Å²) in [5.74, 6) is 0.383. The summed E-state index contributed by atoms with van der Waals surface area (Å²) >= 11 is 0. The molecule has 6 nitrogen and oxygen atoms in total. The van der Waals surface area contributed by atoms with Crippen molar-refractivity contribution in [2.24, 2.45) is 0 Å². The van der Waals surface area contributed by atoms with Gasteiger partial charge in [-0.3, -0.25) is 4.79 Å². The first-order valence-electron chi connectivity index (χ1n) is 7.54. The second-order valence-corrected chi connectivity index (χ2v) is 5.81. The van der Waals surface area contributed by atoms with Gasteiger partial charge in [0.25, 0.3) is 5.91 Å². The monoisotopic (exact) mass is 317 g/mol. The lowest BCUT2D eigenvalue weighted by atomic mass is 10.1. The van der Waals surface area contributed by atoms with E-state index in [4.69, 9.17) is 13.9 Å². The van der Waals surface area contributed by atoms with Crippen LogP contribution in [0, 0.1) is 0 Å². The van der Waals surface area contributed by atoms with Crippen molar-refractivity contribution >= 4 is 16.9 Å². The molecule has 23 heavy (non-hydrogen) atoms. The average Bonchev–Trinajstić information content (AvgIpc) is 2.51. The Morgan fingerprint density at radius 1 is 1.22 bits per heavy atom. The molecule has 0 radical (unpaired) electrons. The first-order valence-corrected chi connectivity index (χ1v) is 7.54. The highest BCUT2D eigenvalue weighted by Crippen LogP contribution is 2.24. The maximum atomic E-state index is 12.9. The van der Waals surface area contributed by atoms with E-state index in [1.165, 1.54) is 13.2 Å². The zero-order chi connectivity index (χ0) is 16.6. The Kier molecular flexibility index (Phi) is 4.09. The number of amides is 1. The van der Waals surface area contributed by atoms with Crippen molar-refractivity contribution in [1.82, 2.24) is 4.90 Å². The molecular formula is C17H19NO5. The maximum absolute atomic E-state index is 12.9. The van der Waals surface area contributed by atoms with Gasteiger partial charge in [-0.05, 0) is 26.0 Å². The third-order valence-electron chi connectivity index (χ3n) is 3.89. The van der Waals surface area contributed by atoms with E-state index in [0.29, 0.717) is 35.4 Å². The molecule has 1 aliphatic heterocycles. The first-order chi connectivity index (χ1) is 11.0. The normalized spacial score (nSPS) is 21.4. The van der Waals surface area contributed by atoms with Crippen molar-refractivity contribution in [2.45, 2.75) is 26.1 Å². The third-order valence-corrected chi connectivity index (χ3v) is 3.89. The smallest absolute Gasteiger partial charge is 0.337 e. The van der Waals surface area contributed by atoms with Crippen molar-refractivity contribution in [3.63, 3.8) is 0 Å². The van der Waals surface area contributed by atoms with Crippen LogP contribution in [0.4, 0.5) is 0 Å². The van der Waals surface area contributed by atoms with E-state index >= 15 is 0 Å². The summed E-state index contributed by atoms with van der Waals surface area (Å²) in [4.78, 5) is 26.4. The first kappa shape index (κ1) is 15.6. The van der Waals surface area contributed by atoms with Gasteiger partial charge in [0, 0.05) is 30.6 Å². The van der Waals surface area contributed by atoms with Gasteiger partial charge in [-0.2, -0.15) is 0 Å². The topological polar surface area (TPSA) is 69.0 Å². The lowest BCUT2D eigenvalue weighted by Gasteiger charge is -2.35. The van der Waals surface area contributed by atoms with Crippen LogP contribution in [0.3, 0.4) is 0 Å². The van der Waals surface area contributed by atoms with Gasteiger partial charge in [0.1, 0.15) is 11.3 Å². The lowest BCUT2D eigenvalue weighted by molar-refractivity contribution is -0.0585. The second kappa shape index (κ2) is 6.04. The zero-order valence-electron chi connectivity index (χ0n) is 13.4. The fourth-order valence-electron chi connectivity index (χ4n) is 2.96. The fourth-order valence-corrected chi connectivity index (χ4v) is 2.96. The Balaban J connectivity index is 2.04. The van der Waals surface area contributed by atoms with E-state index in [0.717, 1.165) is 0 Å². The van der Waals surface area contributed by atoms with Crippen LogP contribution in [-0.2, 0) is 4.74 Å². The Morgan fingerprint density at radius 3 is 2.57 bits per heavy atom. The van der Waals surface area contributed by atoms with Crippen LogP contribution in [0.2, 0.25) is 0 Å². The van der Waals surface area contributed by atoms with Gasteiger partial charge in [0.15, 0.2) is 0 Å². The number of methoxy groups -OCH3 is 1. The number of morpholine rings is 1. The van der Waals surface area contributed by atoms with Crippen LogP contribution in [-0.4, -0.2) is 43.2 Å². The molecule has 0 saturated carbocycles. The molecule has 1 saturated heterocycles. The summed E-state index contributed by atoms with van der Waals surface area (Å²) < 4.78 is 16.0. The highest BCUT2D eigenvalue weighted by molar-refractivity contribution is 6.05. The molecular weight excluding hydrogens is 298 g/mol. The summed E-state index contributed by atoms with van der Waals surface area (Å²) in [6.07, 6.45) is -0.0663. The number of hydrogen-bond donors (Lipinski definition) is 0. The van der Waals surface area contributed by atoms with Crippen LogP contribution in [0.1, 0.15) is 24.2 Å². The number of rotatable bonds is 2. The van der Waals surface area contributed by atoms with Crippen LogP contribution in [0.25, 0.3) is 11.0 Å². The molecule has 0 N–H and O–H groups in total. The van der Waals surface area contributed by atoms with Gasteiger partial charge in [-0.1, -0.05) is 0 Å². The summed E-state index contributed by atoms with van der Waals surface area (Å²) in [7, 11) is 1.53. The van der Waals surface area contributed by atoms with Crippen molar-refractivity contribution in [3.8, 4) is 5.75 Å². The number of benzene rings is 1. The molecule has 1 aromatic carbocycles. The van der Waals surface area contributed by atoms with Gasteiger partial charge < -0.3 is 18.8 Å². The van der Waals surface area contributed by atoms with Gasteiger partial charge >= 0.3 is 5.63 Å². The van der Waals surface area contributed by atoms with E-state index in [1.54, 1.807) is 23.1 Å². The minimum atomic E-state index is -0.552. The Morgan fingerprint density at radius 2 is 1.91 bits per heavy atom. The Bertz CT molecular complexity index is 787. The molecule has 0 aliphatic carbocycles. The van der Waals surface area contributed by atoms with E-state index in [9.17, 15) is 9.59 Å². The molecule has 1 fully saturated rings. The van der Waals surface area contributed by atoms with E-state index in [1.807, 2.05) is 13.8 Å². The summed E-state index contributed by atoms with van der Waals surface area (Å²) in [6, 6.07) is 6.33. The standard InChI is InChI=1S/C17H19NO5/c1-10-8-18(9-11(2)22-10)17(20)14-7-16(19)23-15-6-12(21-3)4-5-13(14)15/h4-7,10-11H,8-9H2,1-3H3. The number of nitrogens with zero attached hydrogens (tertiary/aromatic N) is 1. The van der Waals surface area contributed by atoms with Crippen molar-refractivity contribution in [1.29, 1.82) is 0 Å². The van der Waals surface area contributed by atoms with Gasteiger partial charge in [0.05, 0.1) is 24.9 Å². The third kappa shape index (κ3) is 3.07. The number of hydrogen-bond acceptors (Lipinski definition) is 5. The highest BCUT2D eigenvalue weighted by atomic mass is 16.5. The summed E-state index contributed by atoms with van der Waals surface area (Å²) in [5.41, 5.74) is 0.137. The van der Waals surface area contributed by atoms with Crippen molar-refractivity contribution in [3.05, 3.63) is 40.2 Å². The molecule has 2 aromatic rings. The quantitative estimate of drug-likeness (QED) is 0.793. The molecule has 1 amide bonds. The molecule has 3 rings (SSSR count). The van der Waals surface area contributed by atoms with Crippen molar-refractivity contribution in [2.75, 3.05) is 20.2 Å². The summed E-state index contributed by atoms with van der Waals surface area (Å²) in [5, 5.41) is 0.599. The fraction of sp³-hybridized carbons (Fsp3) is 0.412. The average molecular weight is 317 g/mol. The predicted octanol–water partition coefficient (Wildman–Crippen LogP) is 2.05. The molecule has 122 valence electrons. The molecule has 2 atom stereocenters. The Labute approximate surface area is 133 Å². The van der Waals surface area contributed by atoms with E-state index < -0.39 is 5.63 Å². The minimum Gasteiger partial charge on any atom is -0.497 e. The van der Waals surface area contributed by atoms with E-state index in [-0.39, 0.29) is 18.1 Å². The molecule has 6 heteroatoms. The largest absolute Gasteiger partial charge is 0.497 e. The van der Waals surface area contributed by atoms with Crippen LogP contribution < -0.4 is 10.4 Å². The predicted molar refractivity (Wildman–Crippen MR) is 84.9 cm³/mol. The highest BCUT2D eigenvalue weighted by Gasteiger charge is 2.28. The number of fused-ring (bicyclic) bond motifs is 1. The van der Waals surface area contributed by atoms with Gasteiger partial charge in [-0.25, -0.2) is 4.79 Å². The van der Waals surface area contributed by atoms with Gasteiger partial charge in [-0.15, -0.1) is 0 Å².